The van der Waals surface area contributed by atoms with Crippen molar-refractivity contribution >= 4 is 29.4 Å². The average molecular weight is 429 g/mol. The number of rotatable bonds is 4. The first-order valence-electron chi connectivity index (χ1n) is 10.1. The lowest BCUT2D eigenvalue weighted by Crippen LogP contribution is -2.47. The second-order valence-electron chi connectivity index (χ2n) is 7.89. The third kappa shape index (κ3) is 3.99. The van der Waals surface area contributed by atoms with Gasteiger partial charge in [-0.05, 0) is 49.0 Å². The topological polar surface area (TPSA) is 63.2 Å². The van der Waals surface area contributed by atoms with Gasteiger partial charge in [0.05, 0.1) is 17.7 Å². The van der Waals surface area contributed by atoms with E-state index in [0.29, 0.717) is 17.4 Å². The molecule has 0 amide bonds. The largest absolute Gasteiger partial charge is 0.408 e. The molecule has 1 aliphatic heterocycles. The summed E-state index contributed by atoms with van der Waals surface area (Å²) in [5.41, 5.74) is 1.46. The molecule has 4 heterocycles. The van der Waals surface area contributed by atoms with Crippen LogP contribution in [0.2, 0.25) is 0 Å². The van der Waals surface area contributed by atoms with Crippen LogP contribution in [0.1, 0.15) is 23.8 Å². The van der Waals surface area contributed by atoms with E-state index in [1.54, 1.807) is 12.4 Å². The van der Waals surface area contributed by atoms with E-state index >= 15 is 0 Å². The molecule has 0 N–H and O–H groups in total. The van der Waals surface area contributed by atoms with Gasteiger partial charge in [-0.2, -0.15) is 0 Å². The highest BCUT2D eigenvalue weighted by atomic mass is 32.1. The molecule has 0 saturated carbocycles. The number of fused-ring (bicyclic) bond motifs is 1. The van der Waals surface area contributed by atoms with Crippen molar-refractivity contribution < 1.29 is 4.42 Å². The Morgan fingerprint density at radius 1 is 1.24 bits per heavy atom. The lowest BCUT2D eigenvalue weighted by atomic mass is 9.90. The minimum absolute atomic E-state index is 0.441. The summed E-state index contributed by atoms with van der Waals surface area (Å²) in [6.45, 7) is 6.64. The number of aromatic nitrogens is 4. The van der Waals surface area contributed by atoms with E-state index in [0.717, 1.165) is 49.2 Å². The maximum absolute atomic E-state index is 5.86. The lowest BCUT2D eigenvalue weighted by molar-refractivity contribution is 0.192. The first kappa shape index (κ1) is 18.9. The quantitative estimate of drug-likeness (QED) is 0.588. The zero-order chi connectivity index (χ0) is 19.8. The van der Waals surface area contributed by atoms with Gasteiger partial charge >= 0.3 is 0 Å². The van der Waals surface area contributed by atoms with Crippen molar-refractivity contribution in [2.24, 2.45) is 5.92 Å². The summed E-state index contributed by atoms with van der Waals surface area (Å²) < 4.78 is 7.67. The molecule has 3 aromatic rings. The summed E-state index contributed by atoms with van der Waals surface area (Å²) in [7, 11) is 0. The highest BCUT2D eigenvalue weighted by molar-refractivity contribution is 7.71. The van der Waals surface area contributed by atoms with Crippen molar-refractivity contribution in [2.45, 2.75) is 32.9 Å². The van der Waals surface area contributed by atoms with E-state index in [1.807, 2.05) is 22.2 Å². The molecule has 7 nitrogen and oxygen atoms in total. The van der Waals surface area contributed by atoms with Crippen LogP contribution in [-0.4, -0.2) is 50.8 Å². The minimum atomic E-state index is 0.441. The SMILES string of the molecule is C[C@H]1CCc2sc(-c3nn(CN4CCN(c5cnccn5)CC4)c(=S)o3)cc2C1. The van der Waals surface area contributed by atoms with Gasteiger partial charge in [0.1, 0.15) is 5.82 Å². The second kappa shape index (κ2) is 7.97. The Morgan fingerprint density at radius 2 is 2.10 bits per heavy atom. The Balaban J connectivity index is 1.25. The molecule has 1 atom stereocenters. The van der Waals surface area contributed by atoms with E-state index < -0.39 is 0 Å². The average Bonchev–Trinajstić information content (AvgIpc) is 3.32. The lowest BCUT2D eigenvalue weighted by Gasteiger charge is -2.34. The molecule has 1 saturated heterocycles. The van der Waals surface area contributed by atoms with E-state index in [9.17, 15) is 0 Å². The van der Waals surface area contributed by atoms with Crippen LogP contribution in [0, 0.1) is 10.8 Å². The van der Waals surface area contributed by atoms with Gasteiger partial charge in [0, 0.05) is 43.4 Å². The van der Waals surface area contributed by atoms with Crippen LogP contribution in [0.3, 0.4) is 0 Å². The number of hydrogen-bond donors (Lipinski definition) is 0. The molecule has 1 fully saturated rings. The highest BCUT2D eigenvalue weighted by Gasteiger charge is 2.22. The molecule has 1 aliphatic carbocycles. The maximum Gasteiger partial charge on any atom is 0.288 e. The van der Waals surface area contributed by atoms with Crippen molar-refractivity contribution in [1.29, 1.82) is 0 Å². The zero-order valence-electron chi connectivity index (χ0n) is 16.5. The molecule has 2 aliphatic rings. The Hall–Kier alpha value is -2.10. The van der Waals surface area contributed by atoms with Crippen molar-refractivity contribution in [1.82, 2.24) is 24.6 Å². The van der Waals surface area contributed by atoms with Gasteiger partial charge in [0.15, 0.2) is 0 Å². The Bertz CT molecular complexity index is 1030. The van der Waals surface area contributed by atoms with Crippen molar-refractivity contribution in [3.05, 3.63) is 39.9 Å². The number of aryl methyl sites for hydroxylation is 1. The molecule has 152 valence electrons. The highest BCUT2D eigenvalue weighted by Crippen LogP contribution is 2.36. The number of nitrogens with zero attached hydrogens (tertiary/aromatic N) is 6. The summed E-state index contributed by atoms with van der Waals surface area (Å²) >= 11 is 7.26. The van der Waals surface area contributed by atoms with Crippen LogP contribution in [0.4, 0.5) is 5.82 Å². The molecule has 9 heteroatoms. The zero-order valence-corrected chi connectivity index (χ0v) is 18.1. The van der Waals surface area contributed by atoms with Gasteiger partial charge in [-0.25, -0.2) is 9.67 Å². The van der Waals surface area contributed by atoms with Crippen LogP contribution in [0.5, 0.6) is 0 Å². The molecule has 5 rings (SSSR count). The first-order chi connectivity index (χ1) is 14.2. The van der Waals surface area contributed by atoms with Crippen LogP contribution < -0.4 is 4.90 Å². The third-order valence-electron chi connectivity index (χ3n) is 5.73. The van der Waals surface area contributed by atoms with Crippen LogP contribution in [-0.2, 0) is 19.5 Å². The third-order valence-corrected chi connectivity index (χ3v) is 7.25. The van der Waals surface area contributed by atoms with E-state index in [2.05, 4.69) is 32.8 Å². The monoisotopic (exact) mass is 428 g/mol. The van der Waals surface area contributed by atoms with Crippen molar-refractivity contribution in [3.63, 3.8) is 0 Å². The van der Waals surface area contributed by atoms with E-state index in [-0.39, 0.29) is 0 Å². The van der Waals surface area contributed by atoms with E-state index in [1.165, 1.54) is 23.3 Å². The predicted molar refractivity (Wildman–Crippen MR) is 116 cm³/mol. The van der Waals surface area contributed by atoms with Crippen molar-refractivity contribution in [2.75, 3.05) is 31.1 Å². The van der Waals surface area contributed by atoms with Gasteiger partial charge in [-0.1, -0.05) is 6.92 Å². The normalized spacial score (nSPS) is 20.0. The van der Waals surface area contributed by atoms with Gasteiger partial charge in [0.2, 0.25) is 0 Å². The molecule has 0 spiro atoms. The van der Waals surface area contributed by atoms with Gasteiger partial charge in [0.25, 0.3) is 10.7 Å². The standard InChI is InChI=1S/C20H24N6OS2/c1-14-2-3-16-15(10-14)11-17(29-16)19-23-26(20(28)27-19)13-24-6-8-25(9-7-24)18-12-21-4-5-22-18/h4-5,11-12,14H,2-3,6-10,13H2,1H3/t14-/m0/s1. The molecule has 0 radical (unpaired) electrons. The molecule has 29 heavy (non-hydrogen) atoms. The summed E-state index contributed by atoms with van der Waals surface area (Å²) in [4.78, 5) is 16.2. The number of piperazine rings is 1. The fraction of sp³-hybridized carbons (Fsp3) is 0.500. The predicted octanol–water partition coefficient (Wildman–Crippen LogP) is 3.63. The smallest absolute Gasteiger partial charge is 0.288 e. The molecule has 3 aromatic heterocycles. The molecular weight excluding hydrogens is 404 g/mol. The maximum atomic E-state index is 5.86. The summed E-state index contributed by atoms with van der Waals surface area (Å²) in [6.07, 6.45) is 8.85. The molecule has 0 bridgehead atoms. The van der Waals surface area contributed by atoms with Crippen LogP contribution in [0.25, 0.3) is 10.8 Å². The summed E-state index contributed by atoms with van der Waals surface area (Å²) in [5.74, 6) is 2.35. The number of anilines is 1. The Morgan fingerprint density at radius 3 is 2.90 bits per heavy atom. The Kier molecular flexibility index (Phi) is 5.19. The fourth-order valence-corrected chi connectivity index (χ4v) is 5.38. The minimum Gasteiger partial charge on any atom is -0.408 e. The van der Waals surface area contributed by atoms with Gasteiger partial charge in [-0.15, -0.1) is 16.4 Å². The Labute approximate surface area is 179 Å². The summed E-state index contributed by atoms with van der Waals surface area (Å²) in [6, 6.07) is 2.25. The first-order valence-corrected chi connectivity index (χ1v) is 11.3. The van der Waals surface area contributed by atoms with Crippen LogP contribution in [0.15, 0.2) is 29.1 Å². The summed E-state index contributed by atoms with van der Waals surface area (Å²) in [5, 5.41) is 4.69. The van der Waals surface area contributed by atoms with Gasteiger partial charge in [-0.3, -0.25) is 9.88 Å². The number of thiophene rings is 1. The van der Waals surface area contributed by atoms with E-state index in [4.69, 9.17) is 21.7 Å². The van der Waals surface area contributed by atoms with Crippen LogP contribution >= 0.6 is 23.6 Å². The second-order valence-corrected chi connectivity index (χ2v) is 9.38. The number of hydrogen-bond acceptors (Lipinski definition) is 8. The molecule has 0 unspecified atom stereocenters. The molecule has 0 aromatic carbocycles. The van der Waals surface area contributed by atoms with Gasteiger partial charge < -0.3 is 9.32 Å². The fourth-order valence-electron chi connectivity index (χ4n) is 4.07. The molecular formula is C20H24N6OS2. The van der Waals surface area contributed by atoms with Crippen molar-refractivity contribution in [3.8, 4) is 10.8 Å².